The molecule has 4 nitrogen and oxygen atoms in total. The first-order chi connectivity index (χ1) is 13.6. The number of rotatable bonds is 5. The van der Waals surface area contributed by atoms with Crippen LogP contribution >= 0.6 is 23.2 Å². The van der Waals surface area contributed by atoms with Crippen molar-refractivity contribution in [1.82, 2.24) is 14.9 Å². The first-order valence-electron chi connectivity index (χ1n) is 8.83. The van der Waals surface area contributed by atoms with Crippen LogP contribution in [0, 0.1) is 0 Å². The van der Waals surface area contributed by atoms with E-state index >= 15 is 0 Å². The summed E-state index contributed by atoms with van der Waals surface area (Å²) in [6, 6.07) is 22.6. The molecule has 0 aliphatic rings. The third kappa shape index (κ3) is 3.88. The van der Waals surface area contributed by atoms with Crippen molar-refractivity contribution in [2.75, 3.05) is 0 Å². The molecule has 0 saturated heterocycles. The maximum Gasteiger partial charge on any atom is 0.251 e. The van der Waals surface area contributed by atoms with Crippen molar-refractivity contribution in [2.45, 2.75) is 13.1 Å². The summed E-state index contributed by atoms with van der Waals surface area (Å²) in [6.07, 6.45) is 0. The van der Waals surface area contributed by atoms with E-state index in [9.17, 15) is 4.79 Å². The molecule has 1 amide bonds. The minimum Gasteiger partial charge on any atom is -0.345 e. The second-order valence-corrected chi connectivity index (χ2v) is 7.21. The number of halogens is 2. The fourth-order valence-corrected chi connectivity index (χ4v) is 3.43. The van der Waals surface area contributed by atoms with E-state index in [0.29, 0.717) is 28.7 Å². The van der Waals surface area contributed by atoms with Crippen molar-refractivity contribution in [3.05, 3.63) is 99.8 Å². The molecular formula is C22H17Cl2N3O. The Morgan fingerprint density at radius 2 is 1.68 bits per heavy atom. The Bertz CT molecular complexity index is 1140. The van der Waals surface area contributed by atoms with Gasteiger partial charge in [-0.05, 0) is 42.0 Å². The lowest BCUT2D eigenvalue weighted by molar-refractivity contribution is 0.0949. The molecule has 4 aromatic rings. The van der Waals surface area contributed by atoms with E-state index in [1.807, 2.05) is 54.6 Å². The van der Waals surface area contributed by atoms with Crippen LogP contribution in [0.25, 0.3) is 11.0 Å². The SMILES string of the molecule is O=C(NCc1nc2ccccc2n1Cc1ccc(Cl)c(Cl)c1)c1ccccc1. The fourth-order valence-electron chi connectivity index (χ4n) is 3.11. The van der Waals surface area contributed by atoms with Gasteiger partial charge in [-0.2, -0.15) is 0 Å². The molecule has 4 rings (SSSR count). The van der Waals surface area contributed by atoms with Crippen LogP contribution in [0.2, 0.25) is 10.0 Å². The van der Waals surface area contributed by atoms with Gasteiger partial charge in [-0.15, -0.1) is 0 Å². The summed E-state index contributed by atoms with van der Waals surface area (Å²) in [5.41, 5.74) is 3.51. The highest BCUT2D eigenvalue weighted by Gasteiger charge is 2.13. The summed E-state index contributed by atoms with van der Waals surface area (Å²) < 4.78 is 2.08. The molecule has 0 unspecified atom stereocenters. The minimum absolute atomic E-state index is 0.131. The lowest BCUT2D eigenvalue weighted by Crippen LogP contribution is -2.24. The van der Waals surface area contributed by atoms with Crippen molar-refractivity contribution in [3.63, 3.8) is 0 Å². The van der Waals surface area contributed by atoms with Crippen molar-refractivity contribution in [2.24, 2.45) is 0 Å². The highest BCUT2D eigenvalue weighted by Crippen LogP contribution is 2.24. The molecule has 3 aromatic carbocycles. The quantitative estimate of drug-likeness (QED) is 0.484. The van der Waals surface area contributed by atoms with Crippen molar-refractivity contribution < 1.29 is 4.79 Å². The highest BCUT2D eigenvalue weighted by molar-refractivity contribution is 6.42. The van der Waals surface area contributed by atoms with E-state index in [-0.39, 0.29) is 5.91 Å². The Hall–Kier alpha value is -2.82. The predicted molar refractivity (Wildman–Crippen MR) is 113 cm³/mol. The molecule has 6 heteroatoms. The molecule has 140 valence electrons. The van der Waals surface area contributed by atoms with Gasteiger partial charge in [-0.25, -0.2) is 4.98 Å². The van der Waals surface area contributed by atoms with E-state index < -0.39 is 0 Å². The maximum atomic E-state index is 12.4. The maximum absolute atomic E-state index is 12.4. The van der Waals surface area contributed by atoms with Crippen LogP contribution in [-0.4, -0.2) is 15.5 Å². The Labute approximate surface area is 172 Å². The highest BCUT2D eigenvalue weighted by atomic mass is 35.5. The van der Waals surface area contributed by atoms with Gasteiger partial charge in [0.1, 0.15) is 5.82 Å². The molecule has 0 atom stereocenters. The minimum atomic E-state index is -0.131. The van der Waals surface area contributed by atoms with Crippen LogP contribution in [0.4, 0.5) is 0 Å². The van der Waals surface area contributed by atoms with Gasteiger partial charge >= 0.3 is 0 Å². The van der Waals surface area contributed by atoms with Gasteiger partial charge in [0, 0.05) is 12.1 Å². The van der Waals surface area contributed by atoms with Crippen LogP contribution < -0.4 is 5.32 Å². The Kier molecular flexibility index (Phi) is 5.33. The van der Waals surface area contributed by atoms with Gasteiger partial charge in [0.15, 0.2) is 0 Å². The number of aromatic nitrogens is 2. The van der Waals surface area contributed by atoms with Crippen LogP contribution in [0.3, 0.4) is 0 Å². The Morgan fingerprint density at radius 1 is 0.929 bits per heavy atom. The lowest BCUT2D eigenvalue weighted by atomic mass is 10.2. The predicted octanol–water partition coefficient (Wildman–Crippen LogP) is 5.32. The first-order valence-corrected chi connectivity index (χ1v) is 9.59. The molecule has 0 aliphatic carbocycles. The largest absolute Gasteiger partial charge is 0.345 e. The van der Waals surface area contributed by atoms with E-state index in [4.69, 9.17) is 28.2 Å². The molecule has 0 fully saturated rings. The summed E-state index contributed by atoms with van der Waals surface area (Å²) in [6.45, 7) is 0.900. The van der Waals surface area contributed by atoms with Crippen molar-refractivity contribution >= 4 is 40.1 Å². The number of hydrogen-bond acceptors (Lipinski definition) is 2. The summed E-state index contributed by atoms with van der Waals surface area (Å²) >= 11 is 12.2. The fraction of sp³-hybridized carbons (Fsp3) is 0.0909. The average Bonchev–Trinajstić information content (AvgIpc) is 3.07. The zero-order chi connectivity index (χ0) is 19.5. The van der Waals surface area contributed by atoms with Crippen LogP contribution in [0.5, 0.6) is 0 Å². The third-order valence-electron chi connectivity index (χ3n) is 4.50. The second-order valence-electron chi connectivity index (χ2n) is 6.40. The van der Waals surface area contributed by atoms with Crippen molar-refractivity contribution in [1.29, 1.82) is 0 Å². The van der Waals surface area contributed by atoms with Crippen LogP contribution in [0.1, 0.15) is 21.7 Å². The molecule has 0 aliphatic heterocycles. The van der Waals surface area contributed by atoms with Crippen molar-refractivity contribution in [3.8, 4) is 0 Å². The van der Waals surface area contributed by atoms with E-state index in [0.717, 1.165) is 22.4 Å². The molecule has 0 spiro atoms. The molecule has 28 heavy (non-hydrogen) atoms. The van der Waals surface area contributed by atoms with Crippen LogP contribution in [-0.2, 0) is 13.1 Å². The first kappa shape index (κ1) is 18.5. The van der Waals surface area contributed by atoms with Gasteiger partial charge in [0.25, 0.3) is 5.91 Å². The zero-order valence-corrected chi connectivity index (χ0v) is 16.4. The van der Waals surface area contributed by atoms with Gasteiger partial charge in [-0.1, -0.05) is 59.6 Å². The standard InChI is InChI=1S/C22H17Cl2N3O/c23-17-11-10-15(12-18(17)24)14-27-20-9-5-4-8-19(20)26-21(27)13-25-22(28)16-6-2-1-3-7-16/h1-12H,13-14H2,(H,25,28). The molecule has 1 N–H and O–H groups in total. The molecule has 1 aromatic heterocycles. The number of imidazole rings is 1. The Morgan fingerprint density at radius 3 is 2.46 bits per heavy atom. The van der Waals surface area contributed by atoms with E-state index in [1.165, 1.54) is 0 Å². The van der Waals surface area contributed by atoms with Gasteiger partial charge < -0.3 is 9.88 Å². The molecule has 0 radical (unpaired) electrons. The Balaban J connectivity index is 1.63. The van der Waals surface area contributed by atoms with Crippen LogP contribution in [0.15, 0.2) is 72.8 Å². The number of nitrogens with zero attached hydrogens (tertiary/aromatic N) is 2. The summed E-state index contributed by atoms with van der Waals surface area (Å²) in [7, 11) is 0. The smallest absolute Gasteiger partial charge is 0.251 e. The second kappa shape index (κ2) is 8.05. The molecule has 0 saturated carbocycles. The number of hydrogen-bond donors (Lipinski definition) is 1. The third-order valence-corrected chi connectivity index (χ3v) is 5.24. The number of carbonyl (C=O) groups is 1. The number of amides is 1. The monoisotopic (exact) mass is 409 g/mol. The zero-order valence-electron chi connectivity index (χ0n) is 14.9. The number of fused-ring (bicyclic) bond motifs is 1. The average molecular weight is 410 g/mol. The van der Waals surface area contributed by atoms with Gasteiger partial charge in [-0.3, -0.25) is 4.79 Å². The lowest BCUT2D eigenvalue weighted by Gasteiger charge is -2.11. The number of carbonyl (C=O) groups excluding carboxylic acids is 1. The number of benzene rings is 3. The topological polar surface area (TPSA) is 46.9 Å². The molecule has 0 bridgehead atoms. The number of para-hydroxylation sites is 2. The van der Waals surface area contributed by atoms with Gasteiger partial charge in [0.05, 0.1) is 27.6 Å². The summed E-state index contributed by atoms with van der Waals surface area (Å²) in [4.78, 5) is 17.1. The van der Waals surface area contributed by atoms with E-state index in [2.05, 4.69) is 9.88 Å². The molecule has 1 heterocycles. The molecular weight excluding hydrogens is 393 g/mol. The number of nitrogens with one attached hydrogen (secondary N) is 1. The normalized spacial score (nSPS) is 10.9. The summed E-state index contributed by atoms with van der Waals surface area (Å²) in [5.74, 6) is 0.644. The summed E-state index contributed by atoms with van der Waals surface area (Å²) in [5, 5.41) is 3.99. The van der Waals surface area contributed by atoms with Gasteiger partial charge in [0.2, 0.25) is 0 Å². The van der Waals surface area contributed by atoms with E-state index in [1.54, 1.807) is 18.2 Å².